The van der Waals surface area contributed by atoms with Crippen LogP contribution in [-0.2, 0) is 0 Å². The normalized spacial score (nSPS) is 18.2. The smallest absolute Gasteiger partial charge is 0.129 e. The molecule has 0 aliphatic heterocycles. The molecule has 3 nitrogen and oxygen atoms in total. The van der Waals surface area contributed by atoms with E-state index in [1.54, 1.807) is 12.5 Å². The van der Waals surface area contributed by atoms with Crippen molar-refractivity contribution in [2.75, 3.05) is 11.9 Å². The summed E-state index contributed by atoms with van der Waals surface area (Å²) in [5, 5.41) is 3.31. The van der Waals surface area contributed by atoms with Crippen LogP contribution in [0.25, 0.3) is 0 Å². The summed E-state index contributed by atoms with van der Waals surface area (Å²) in [6, 6.07) is 1.90. The third-order valence-electron chi connectivity index (χ3n) is 2.61. The highest BCUT2D eigenvalue weighted by Gasteiger charge is 2.27. The number of nitrogens with one attached hydrogen (secondary N) is 1. The molecule has 1 unspecified atom stereocenters. The van der Waals surface area contributed by atoms with Crippen molar-refractivity contribution in [1.82, 2.24) is 9.97 Å². The highest BCUT2D eigenvalue weighted by molar-refractivity contribution is 5.31. The van der Waals surface area contributed by atoms with Gasteiger partial charge in [0.15, 0.2) is 0 Å². The van der Waals surface area contributed by atoms with Gasteiger partial charge in [-0.2, -0.15) is 0 Å². The Morgan fingerprint density at radius 1 is 1.62 bits per heavy atom. The molecule has 70 valence electrons. The van der Waals surface area contributed by atoms with Crippen LogP contribution in [0.4, 0.5) is 5.82 Å². The zero-order valence-corrected chi connectivity index (χ0v) is 7.90. The molecular weight excluding hydrogens is 162 g/mol. The highest BCUT2D eigenvalue weighted by Crippen LogP contribution is 2.36. The minimum atomic E-state index is 0.773. The second-order valence-electron chi connectivity index (χ2n) is 3.79. The zero-order valence-electron chi connectivity index (χ0n) is 7.90. The summed E-state index contributed by atoms with van der Waals surface area (Å²) in [6.07, 6.45) is 6.15. The van der Waals surface area contributed by atoms with Gasteiger partial charge in [-0.1, -0.05) is 6.92 Å². The Balaban J connectivity index is 1.78. The molecule has 0 aromatic carbocycles. The van der Waals surface area contributed by atoms with E-state index in [1.807, 2.05) is 6.07 Å². The molecule has 3 heteroatoms. The van der Waals surface area contributed by atoms with E-state index in [1.165, 1.54) is 12.8 Å². The fourth-order valence-corrected chi connectivity index (χ4v) is 1.49. The van der Waals surface area contributed by atoms with Gasteiger partial charge in [-0.25, -0.2) is 9.97 Å². The third kappa shape index (κ3) is 2.41. The van der Waals surface area contributed by atoms with Crippen molar-refractivity contribution in [3.63, 3.8) is 0 Å². The second kappa shape index (κ2) is 3.73. The number of rotatable bonds is 4. The van der Waals surface area contributed by atoms with Crippen LogP contribution < -0.4 is 5.32 Å². The van der Waals surface area contributed by atoms with Crippen LogP contribution in [0, 0.1) is 11.8 Å². The second-order valence-corrected chi connectivity index (χ2v) is 3.79. The van der Waals surface area contributed by atoms with E-state index in [2.05, 4.69) is 22.2 Å². The van der Waals surface area contributed by atoms with E-state index in [0.717, 1.165) is 24.2 Å². The summed E-state index contributed by atoms with van der Waals surface area (Å²) in [4.78, 5) is 7.98. The maximum Gasteiger partial charge on any atom is 0.129 e. The summed E-state index contributed by atoms with van der Waals surface area (Å²) in [5.74, 6) is 2.66. The van der Waals surface area contributed by atoms with E-state index < -0.39 is 0 Å². The Morgan fingerprint density at radius 2 is 2.46 bits per heavy atom. The molecule has 1 atom stereocenters. The van der Waals surface area contributed by atoms with Gasteiger partial charge in [0.05, 0.1) is 0 Å². The van der Waals surface area contributed by atoms with Crippen molar-refractivity contribution in [1.29, 1.82) is 0 Å². The van der Waals surface area contributed by atoms with Crippen molar-refractivity contribution in [3.05, 3.63) is 18.6 Å². The molecule has 0 saturated heterocycles. The molecule has 1 aliphatic rings. The van der Waals surface area contributed by atoms with Crippen LogP contribution in [0.15, 0.2) is 18.6 Å². The van der Waals surface area contributed by atoms with Gasteiger partial charge in [-0.15, -0.1) is 0 Å². The SMILES string of the molecule is CC(CNc1ccncn1)C1CC1. The molecule has 1 fully saturated rings. The van der Waals surface area contributed by atoms with Gasteiger partial charge in [-0.3, -0.25) is 0 Å². The molecule has 1 aromatic rings. The monoisotopic (exact) mass is 177 g/mol. The first kappa shape index (κ1) is 8.48. The quantitative estimate of drug-likeness (QED) is 0.763. The molecule has 0 radical (unpaired) electrons. The van der Waals surface area contributed by atoms with Crippen LogP contribution in [0.3, 0.4) is 0 Å². The standard InChI is InChI=1S/C10H15N3/c1-8(9-2-3-9)6-12-10-4-5-11-7-13-10/h4-5,7-9H,2-3,6H2,1H3,(H,11,12,13). The molecule has 2 rings (SSSR count). The number of aromatic nitrogens is 2. The summed E-state index contributed by atoms with van der Waals surface area (Å²) in [5.41, 5.74) is 0. The van der Waals surface area contributed by atoms with Gasteiger partial charge in [-0.05, 0) is 30.7 Å². The van der Waals surface area contributed by atoms with Gasteiger partial charge in [0.25, 0.3) is 0 Å². The third-order valence-corrected chi connectivity index (χ3v) is 2.61. The van der Waals surface area contributed by atoms with Crippen LogP contribution in [0.5, 0.6) is 0 Å². The maximum atomic E-state index is 4.11. The van der Waals surface area contributed by atoms with Gasteiger partial charge in [0.2, 0.25) is 0 Å². The fourth-order valence-electron chi connectivity index (χ4n) is 1.49. The van der Waals surface area contributed by atoms with Gasteiger partial charge < -0.3 is 5.32 Å². The molecule has 1 N–H and O–H groups in total. The molecule has 1 saturated carbocycles. The summed E-state index contributed by atoms with van der Waals surface area (Å²) < 4.78 is 0. The predicted octanol–water partition coefficient (Wildman–Crippen LogP) is 1.93. The van der Waals surface area contributed by atoms with Crippen LogP contribution in [0.1, 0.15) is 19.8 Å². The molecule has 0 amide bonds. The van der Waals surface area contributed by atoms with Crippen molar-refractivity contribution in [3.8, 4) is 0 Å². The number of hydrogen-bond donors (Lipinski definition) is 1. The lowest BCUT2D eigenvalue weighted by Gasteiger charge is -2.10. The Kier molecular flexibility index (Phi) is 2.43. The maximum absolute atomic E-state index is 4.11. The van der Waals surface area contributed by atoms with Crippen molar-refractivity contribution in [2.24, 2.45) is 11.8 Å². The molecule has 13 heavy (non-hydrogen) atoms. The number of anilines is 1. The van der Waals surface area contributed by atoms with Crippen molar-refractivity contribution >= 4 is 5.82 Å². The molecule has 1 heterocycles. The minimum Gasteiger partial charge on any atom is -0.370 e. The van der Waals surface area contributed by atoms with E-state index in [4.69, 9.17) is 0 Å². The lowest BCUT2D eigenvalue weighted by atomic mass is 10.1. The number of hydrogen-bond acceptors (Lipinski definition) is 3. The largest absolute Gasteiger partial charge is 0.370 e. The summed E-state index contributed by atoms with van der Waals surface area (Å²) in [6.45, 7) is 3.33. The molecule has 0 spiro atoms. The molecule has 1 aliphatic carbocycles. The first-order valence-corrected chi connectivity index (χ1v) is 4.86. The molecular formula is C10H15N3. The van der Waals surface area contributed by atoms with Gasteiger partial charge >= 0.3 is 0 Å². The Morgan fingerprint density at radius 3 is 3.08 bits per heavy atom. The molecule has 1 aromatic heterocycles. The fraction of sp³-hybridized carbons (Fsp3) is 0.600. The lowest BCUT2D eigenvalue weighted by Crippen LogP contribution is -2.13. The Hall–Kier alpha value is -1.12. The zero-order chi connectivity index (χ0) is 9.10. The average Bonchev–Trinajstić information content (AvgIpc) is 2.99. The van der Waals surface area contributed by atoms with E-state index in [0.29, 0.717) is 0 Å². The Bertz CT molecular complexity index is 256. The first-order chi connectivity index (χ1) is 6.36. The summed E-state index contributed by atoms with van der Waals surface area (Å²) in [7, 11) is 0. The van der Waals surface area contributed by atoms with Crippen molar-refractivity contribution in [2.45, 2.75) is 19.8 Å². The van der Waals surface area contributed by atoms with Crippen LogP contribution >= 0.6 is 0 Å². The van der Waals surface area contributed by atoms with Crippen LogP contribution in [-0.4, -0.2) is 16.5 Å². The number of nitrogens with zero attached hydrogens (tertiary/aromatic N) is 2. The van der Waals surface area contributed by atoms with E-state index in [-0.39, 0.29) is 0 Å². The van der Waals surface area contributed by atoms with E-state index >= 15 is 0 Å². The molecule has 0 bridgehead atoms. The first-order valence-electron chi connectivity index (χ1n) is 4.86. The minimum absolute atomic E-state index is 0.773. The topological polar surface area (TPSA) is 37.8 Å². The highest BCUT2D eigenvalue weighted by atomic mass is 15.0. The van der Waals surface area contributed by atoms with Gasteiger partial charge in [0, 0.05) is 12.7 Å². The van der Waals surface area contributed by atoms with E-state index in [9.17, 15) is 0 Å². The lowest BCUT2D eigenvalue weighted by molar-refractivity contribution is 0.536. The van der Waals surface area contributed by atoms with Crippen molar-refractivity contribution < 1.29 is 0 Å². The van der Waals surface area contributed by atoms with Crippen LogP contribution in [0.2, 0.25) is 0 Å². The average molecular weight is 177 g/mol. The Labute approximate surface area is 78.6 Å². The van der Waals surface area contributed by atoms with Gasteiger partial charge in [0.1, 0.15) is 12.1 Å². The summed E-state index contributed by atoms with van der Waals surface area (Å²) >= 11 is 0. The predicted molar refractivity (Wildman–Crippen MR) is 52.4 cm³/mol.